The molecule has 23 heavy (non-hydrogen) atoms. The number of carbonyl (C=O) groups excluding carboxylic acids is 1. The predicted molar refractivity (Wildman–Crippen MR) is 87.3 cm³/mol. The highest BCUT2D eigenvalue weighted by molar-refractivity contribution is 6.31. The minimum atomic E-state index is -0.424. The molecule has 2 atom stereocenters. The number of anilines is 1. The monoisotopic (exact) mass is 341 g/mol. The van der Waals surface area contributed by atoms with Crippen LogP contribution in [-0.4, -0.2) is 54.9 Å². The van der Waals surface area contributed by atoms with Crippen LogP contribution in [0.15, 0.2) is 18.2 Å². The Morgan fingerprint density at radius 3 is 2.87 bits per heavy atom. The van der Waals surface area contributed by atoms with Crippen LogP contribution < -0.4 is 10.2 Å². The van der Waals surface area contributed by atoms with Gasteiger partial charge in [-0.25, -0.2) is 9.18 Å². The topological polar surface area (TPSA) is 55.8 Å². The van der Waals surface area contributed by atoms with Crippen LogP contribution in [0.5, 0.6) is 0 Å². The second-order valence-corrected chi connectivity index (χ2v) is 6.67. The van der Waals surface area contributed by atoms with Gasteiger partial charge in [-0.05, 0) is 31.0 Å². The standard InChI is InChI=1S/C16H21ClFN3O2/c17-14-7-13(1-2-15(14)18)20-6-4-12(9-20)19-16(23)21-5-3-11(8-21)10-22/h1-2,7,11-12,22H,3-6,8-10H2,(H,19,23)/t11-,12-/m1/s1. The maximum Gasteiger partial charge on any atom is 0.317 e. The van der Waals surface area contributed by atoms with Gasteiger partial charge in [0.05, 0.1) is 5.02 Å². The fraction of sp³-hybridized carbons (Fsp3) is 0.562. The van der Waals surface area contributed by atoms with Gasteiger partial charge in [-0.3, -0.25) is 0 Å². The molecule has 1 aromatic rings. The maximum absolute atomic E-state index is 13.2. The molecule has 0 aromatic heterocycles. The number of amides is 2. The molecule has 2 aliphatic heterocycles. The molecular formula is C16H21ClFN3O2. The zero-order valence-corrected chi connectivity index (χ0v) is 13.6. The molecule has 0 saturated carbocycles. The first-order chi connectivity index (χ1) is 11.1. The van der Waals surface area contributed by atoms with Crippen LogP contribution in [0.4, 0.5) is 14.9 Å². The third-order valence-corrected chi connectivity index (χ3v) is 4.91. The van der Waals surface area contributed by atoms with Crippen molar-refractivity contribution in [2.24, 2.45) is 5.92 Å². The Balaban J connectivity index is 1.53. The molecule has 7 heteroatoms. The quantitative estimate of drug-likeness (QED) is 0.885. The van der Waals surface area contributed by atoms with Gasteiger partial charge in [0.2, 0.25) is 0 Å². The summed E-state index contributed by atoms with van der Waals surface area (Å²) in [7, 11) is 0. The summed E-state index contributed by atoms with van der Waals surface area (Å²) in [4.78, 5) is 16.1. The largest absolute Gasteiger partial charge is 0.396 e. The molecule has 5 nitrogen and oxygen atoms in total. The van der Waals surface area contributed by atoms with E-state index in [0.29, 0.717) is 19.6 Å². The molecule has 2 saturated heterocycles. The normalized spacial score (nSPS) is 24.3. The van der Waals surface area contributed by atoms with Gasteiger partial charge < -0.3 is 20.2 Å². The van der Waals surface area contributed by atoms with Crippen molar-refractivity contribution in [2.45, 2.75) is 18.9 Å². The summed E-state index contributed by atoms with van der Waals surface area (Å²) in [5.41, 5.74) is 0.870. The molecule has 2 N–H and O–H groups in total. The number of nitrogens with one attached hydrogen (secondary N) is 1. The number of likely N-dealkylation sites (tertiary alicyclic amines) is 1. The van der Waals surface area contributed by atoms with Gasteiger partial charge in [-0.1, -0.05) is 11.6 Å². The van der Waals surface area contributed by atoms with E-state index in [9.17, 15) is 9.18 Å². The summed E-state index contributed by atoms with van der Waals surface area (Å²) >= 11 is 5.83. The Morgan fingerprint density at radius 2 is 2.17 bits per heavy atom. The van der Waals surface area contributed by atoms with Crippen molar-refractivity contribution < 1.29 is 14.3 Å². The second kappa shape index (κ2) is 6.93. The molecular weight excluding hydrogens is 321 g/mol. The van der Waals surface area contributed by atoms with Crippen molar-refractivity contribution in [3.05, 3.63) is 29.0 Å². The first-order valence-electron chi connectivity index (χ1n) is 7.93. The molecule has 0 unspecified atom stereocenters. The van der Waals surface area contributed by atoms with E-state index in [0.717, 1.165) is 25.1 Å². The van der Waals surface area contributed by atoms with Crippen LogP contribution in [0.2, 0.25) is 5.02 Å². The lowest BCUT2D eigenvalue weighted by Gasteiger charge is -2.22. The fourth-order valence-electron chi connectivity index (χ4n) is 3.23. The van der Waals surface area contributed by atoms with E-state index >= 15 is 0 Å². The SMILES string of the molecule is O=C(N[C@@H]1CCN(c2ccc(F)c(Cl)c2)C1)N1CC[C@@H](CO)C1. The number of hydrogen-bond donors (Lipinski definition) is 2. The highest BCUT2D eigenvalue weighted by Gasteiger charge is 2.29. The number of aliphatic hydroxyl groups is 1. The summed E-state index contributed by atoms with van der Waals surface area (Å²) in [6.45, 7) is 2.93. The lowest BCUT2D eigenvalue weighted by Crippen LogP contribution is -2.45. The number of urea groups is 1. The van der Waals surface area contributed by atoms with E-state index in [2.05, 4.69) is 10.2 Å². The molecule has 126 valence electrons. The number of hydrogen-bond acceptors (Lipinski definition) is 3. The molecule has 0 aliphatic carbocycles. The van der Waals surface area contributed by atoms with Gasteiger partial charge in [0.25, 0.3) is 0 Å². The summed E-state index contributed by atoms with van der Waals surface area (Å²) < 4.78 is 13.2. The average Bonchev–Trinajstić information content (AvgIpc) is 3.19. The van der Waals surface area contributed by atoms with Crippen LogP contribution in [0.25, 0.3) is 0 Å². The van der Waals surface area contributed by atoms with Crippen molar-refractivity contribution in [3.63, 3.8) is 0 Å². The van der Waals surface area contributed by atoms with Crippen LogP contribution in [0, 0.1) is 11.7 Å². The van der Waals surface area contributed by atoms with E-state index in [1.807, 2.05) is 0 Å². The third-order valence-electron chi connectivity index (χ3n) is 4.62. The van der Waals surface area contributed by atoms with E-state index in [-0.39, 0.29) is 29.6 Å². The van der Waals surface area contributed by atoms with Gasteiger partial charge in [-0.2, -0.15) is 0 Å². The minimum absolute atomic E-state index is 0.0649. The lowest BCUT2D eigenvalue weighted by molar-refractivity contribution is 0.195. The highest BCUT2D eigenvalue weighted by Crippen LogP contribution is 2.26. The van der Waals surface area contributed by atoms with Gasteiger partial charge in [0.15, 0.2) is 0 Å². The Kier molecular flexibility index (Phi) is 4.92. The summed E-state index contributed by atoms with van der Waals surface area (Å²) in [5, 5.41) is 12.3. The number of carbonyl (C=O) groups is 1. The van der Waals surface area contributed by atoms with Crippen LogP contribution >= 0.6 is 11.6 Å². The van der Waals surface area contributed by atoms with Crippen molar-refractivity contribution in [1.29, 1.82) is 0 Å². The van der Waals surface area contributed by atoms with Gasteiger partial charge in [0.1, 0.15) is 5.82 Å². The smallest absolute Gasteiger partial charge is 0.317 e. The van der Waals surface area contributed by atoms with Crippen LogP contribution in [-0.2, 0) is 0 Å². The first-order valence-corrected chi connectivity index (χ1v) is 8.31. The number of aliphatic hydroxyl groups excluding tert-OH is 1. The zero-order chi connectivity index (χ0) is 16.4. The molecule has 2 fully saturated rings. The third kappa shape index (κ3) is 3.70. The maximum atomic E-state index is 13.2. The molecule has 2 aliphatic rings. The van der Waals surface area contributed by atoms with E-state index in [1.165, 1.54) is 6.07 Å². The molecule has 0 bridgehead atoms. The Hall–Kier alpha value is -1.53. The second-order valence-electron chi connectivity index (χ2n) is 6.26. The van der Waals surface area contributed by atoms with E-state index < -0.39 is 5.82 Å². The Labute approximate surface area is 140 Å². The molecule has 0 radical (unpaired) electrons. The number of halogens is 2. The summed E-state index contributed by atoms with van der Waals surface area (Å²) in [5.74, 6) is -0.228. The van der Waals surface area contributed by atoms with Gasteiger partial charge >= 0.3 is 6.03 Å². The first kappa shape index (κ1) is 16.3. The van der Waals surface area contributed by atoms with E-state index in [1.54, 1.807) is 17.0 Å². The van der Waals surface area contributed by atoms with Crippen molar-refractivity contribution >= 4 is 23.3 Å². The molecule has 3 rings (SSSR count). The molecule has 0 spiro atoms. The van der Waals surface area contributed by atoms with Gasteiger partial charge in [0, 0.05) is 50.4 Å². The average molecular weight is 342 g/mol. The molecule has 2 heterocycles. The summed E-state index contributed by atoms with van der Waals surface area (Å²) in [6, 6.07) is 4.69. The number of rotatable bonds is 3. The molecule has 2 amide bonds. The number of benzene rings is 1. The fourth-order valence-corrected chi connectivity index (χ4v) is 3.40. The van der Waals surface area contributed by atoms with Crippen molar-refractivity contribution in [3.8, 4) is 0 Å². The lowest BCUT2D eigenvalue weighted by atomic mass is 10.1. The predicted octanol–water partition coefficient (Wildman–Crippen LogP) is 2.08. The number of nitrogens with zero attached hydrogens (tertiary/aromatic N) is 2. The van der Waals surface area contributed by atoms with Crippen molar-refractivity contribution in [1.82, 2.24) is 10.2 Å². The summed E-state index contributed by atoms with van der Waals surface area (Å²) in [6.07, 6.45) is 1.70. The zero-order valence-electron chi connectivity index (χ0n) is 12.8. The van der Waals surface area contributed by atoms with E-state index in [4.69, 9.17) is 16.7 Å². The van der Waals surface area contributed by atoms with Crippen molar-refractivity contribution in [2.75, 3.05) is 37.7 Å². The van der Waals surface area contributed by atoms with Crippen LogP contribution in [0.3, 0.4) is 0 Å². The van der Waals surface area contributed by atoms with Crippen LogP contribution in [0.1, 0.15) is 12.8 Å². The Bertz CT molecular complexity index is 586. The minimum Gasteiger partial charge on any atom is -0.396 e. The highest BCUT2D eigenvalue weighted by atomic mass is 35.5. The molecule has 1 aromatic carbocycles. The van der Waals surface area contributed by atoms with Gasteiger partial charge in [-0.15, -0.1) is 0 Å². The Morgan fingerprint density at radius 1 is 1.35 bits per heavy atom.